The van der Waals surface area contributed by atoms with Gasteiger partial charge < -0.3 is 0 Å². The highest BCUT2D eigenvalue weighted by Gasteiger charge is 2.09. The zero-order valence-corrected chi connectivity index (χ0v) is 14.1. The fraction of sp³-hybridized carbons (Fsp3) is 0.0417. The van der Waals surface area contributed by atoms with Gasteiger partial charge in [0.15, 0.2) is 0 Å². The van der Waals surface area contributed by atoms with Gasteiger partial charge in [0.05, 0.1) is 6.07 Å². The van der Waals surface area contributed by atoms with Gasteiger partial charge in [-0.25, -0.2) is 0 Å². The summed E-state index contributed by atoms with van der Waals surface area (Å²) in [6.07, 6.45) is 1.84. The zero-order valence-electron chi connectivity index (χ0n) is 14.1. The molecule has 0 amide bonds. The fourth-order valence-electron chi connectivity index (χ4n) is 3.48. The van der Waals surface area contributed by atoms with Gasteiger partial charge in [0, 0.05) is 5.57 Å². The molecule has 0 N–H and O–H groups in total. The van der Waals surface area contributed by atoms with Crippen LogP contribution < -0.4 is 0 Å². The second kappa shape index (κ2) is 5.92. The Hall–Kier alpha value is -3.37. The third-order valence-electron chi connectivity index (χ3n) is 4.68. The first-order chi connectivity index (χ1) is 12.2. The quantitative estimate of drug-likeness (QED) is 0.231. The lowest BCUT2D eigenvalue weighted by molar-refractivity contribution is 1.44. The monoisotopic (exact) mass is 319 g/mol. The smallest absolute Gasteiger partial charge is 0.0944 e. The lowest BCUT2D eigenvalue weighted by Crippen LogP contribution is -1.86. The minimum absolute atomic E-state index is 0.661. The highest BCUT2D eigenvalue weighted by Crippen LogP contribution is 2.36. The van der Waals surface area contributed by atoms with Gasteiger partial charge in [-0.1, -0.05) is 67.2 Å². The summed E-state index contributed by atoms with van der Waals surface area (Å²) in [7, 11) is 0. The minimum atomic E-state index is 0.661. The summed E-state index contributed by atoms with van der Waals surface area (Å²) >= 11 is 0. The number of hydrogen-bond donors (Lipinski definition) is 0. The lowest BCUT2D eigenvalue weighted by atomic mass is 9.92. The van der Waals surface area contributed by atoms with Crippen LogP contribution >= 0.6 is 0 Å². The van der Waals surface area contributed by atoms with E-state index in [9.17, 15) is 0 Å². The van der Waals surface area contributed by atoms with Gasteiger partial charge in [-0.3, -0.25) is 0 Å². The molecule has 0 radical (unpaired) electrons. The number of nitriles is 1. The Morgan fingerprint density at radius 3 is 1.80 bits per heavy atom. The topological polar surface area (TPSA) is 23.8 Å². The van der Waals surface area contributed by atoms with E-state index >= 15 is 0 Å². The first-order valence-corrected chi connectivity index (χ1v) is 8.30. The van der Waals surface area contributed by atoms with Crippen LogP contribution in [0.25, 0.3) is 37.9 Å². The maximum absolute atomic E-state index is 9.00. The lowest BCUT2D eigenvalue weighted by Gasteiger charge is -2.12. The molecule has 4 aromatic carbocycles. The molecule has 0 aromatic heterocycles. The van der Waals surface area contributed by atoms with Gasteiger partial charge in [0.25, 0.3) is 0 Å². The van der Waals surface area contributed by atoms with Crippen molar-refractivity contribution in [2.75, 3.05) is 0 Å². The normalized spacial score (nSPS) is 11.8. The molecular weight excluding hydrogens is 302 g/mol. The molecule has 1 heteroatoms. The van der Waals surface area contributed by atoms with Crippen molar-refractivity contribution in [1.29, 1.82) is 5.26 Å². The number of rotatable bonds is 2. The number of allylic oxidation sites excluding steroid dienone is 3. The molecule has 0 aliphatic carbocycles. The van der Waals surface area contributed by atoms with Crippen LogP contribution in [0.1, 0.15) is 12.5 Å². The average Bonchev–Trinajstić information content (AvgIpc) is 2.67. The standard InChI is InChI=1S/C24H17N/c1-16(15-25)13-17(2)18-11-12-23-21-9-4-3-7-19(21)20-8-5-6-10-22(20)24(23)14-18/h3-14H,2H2,1H3/b16-13+. The first-order valence-electron chi connectivity index (χ1n) is 8.30. The van der Waals surface area contributed by atoms with Crippen LogP contribution in [0.15, 0.2) is 85.0 Å². The number of hydrogen-bond acceptors (Lipinski definition) is 1. The van der Waals surface area contributed by atoms with Crippen LogP contribution in [0, 0.1) is 11.3 Å². The van der Waals surface area contributed by atoms with Crippen LogP contribution in [0.3, 0.4) is 0 Å². The molecule has 0 saturated carbocycles. The van der Waals surface area contributed by atoms with Gasteiger partial charge in [0.1, 0.15) is 0 Å². The van der Waals surface area contributed by atoms with Crippen molar-refractivity contribution in [3.05, 3.63) is 90.5 Å². The van der Waals surface area contributed by atoms with E-state index in [0.29, 0.717) is 5.57 Å². The van der Waals surface area contributed by atoms with E-state index in [2.05, 4.69) is 79.4 Å². The Morgan fingerprint density at radius 1 is 0.800 bits per heavy atom. The van der Waals surface area contributed by atoms with Crippen molar-refractivity contribution < 1.29 is 0 Å². The SMILES string of the molecule is C=C(/C=C(\C)C#N)c1ccc2c3ccccc3c3ccccc3c2c1. The summed E-state index contributed by atoms with van der Waals surface area (Å²) in [6.45, 7) is 5.94. The largest absolute Gasteiger partial charge is 0.193 e. The molecule has 0 unspecified atom stereocenters. The molecular formula is C24H17N. The third-order valence-corrected chi connectivity index (χ3v) is 4.68. The average molecular weight is 319 g/mol. The second-order valence-corrected chi connectivity index (χ2v) is 6.32. The zero-order chi connectivity index (χ0) is 17.4. The van der Waals surface area contributed by atoms with Crippen molar-refractivity contribution in [1.82, 2.24) is 0 Å². The van der Waals surface area contributed by atoms with E-state index in [1.807, 2.05) is 6.08 Å². The summed E-state index contributed by atoms with van der Waals surface area (Å²) < 4.78 is 0. The van der Waals surface area contributed by atoms with E-state index in [-0.39, 0.29) is 0 Å². The Bertz CT molecular complexity index is 1180. The van der Waals surface area contributed by atoms with Gasteiger partial charge >= 0.3 is 0 Å². The molecule has 0 heterocycles. The van der Waals surface area contributed by atoms with Crippen molar-refractivity contribution >= 4 is 37.9 Å². The minimum Gasteiger partial charge on any atom is -0.193 e. The van der Waals surface area contributed by atoms with Gasteiger partial charge in [-0.15, -0.1) is 0 Å². The van der Waals surface area contributed by atoms with Gasteiger partial charge in [0.2, 0.25) is 0 Å². The van der Waals surface area contributed by atoms with Gasteiger partial charge in [-0.05, 0) is 62.5 Å². The highest BCUT2D eigenvalue weighted by atomic mass is 14.2. The first kappa shape index (κ1) is 15.2. The highest BCUT2D eigenvalue weighted by molar-refractivity contribution is 6.25. The molecule has 25 heavy (non-hydrogen) atoms. The van der Waals surface area contributed by atoms with Crippen LogP contribution in [0.5, 0.6) is 0 Å². The predicted octanol–water partition coefficient (Wildman–Crippen LogP) is 6.63. The number of benzene rings is 4. The summed E-state index contributed by atoms with van der Waals surface area (Å²) in [5.41, 5.74) is 2.56. The Kier molecular flexibility index (Phi) is 3.60. The summed E-state index contributed by atoms with van der Waals surface area (Å²) in [5, 5.41) is 16.5. The molecule has 0 aliphatic heterocycles. The number of nitrogens with zero attached hydrogens (tertiary/aromatic N) is 1. The van der Waals surface area contributed by atoms with Crippen LogP contribution in [0.2, 0.25) is 0 Å². The summed E-state index contributed by atoms with van der Waals surface area (Å²) in [6, 6.07) is 25.7. The molecule has 0 aliphatic rings. The van der Waals surface area contributed by atoms with E-state index < -0.39 is 0 Å². The Labute approximate surface area is 147 Å². The summed E-state index contributed by atoms with van der Waals surface area (Å²) in [5.74, 6) is 0. The molecule has 4 rings (SSSR count). The van der Waals surface area contributed by atoms with Crippen molar-refractivity contribution in [2.45, 2.75) is 6.92 Å². The molecule has 0 spiro atoms. The Morgan fingerprint density at radius 2 is 1.28 bits per heavy atom. The van der Waals surface area contributed by atoms with E-state index in [4.69, 9.17) is 5.26 Å². The maximum Gasteiger partial charge on any atom is 0.0944 e. The van der Waals surface area contributed by atoms with Crippen molar-refractivity contribution in [3.63, 3.8) is 0 Å². The van der Waals surface area contributed by atoms with E-state index in [1.54, 1.807) is 6.92 Å². The van der Waals surface area contributed by atoms with Crippen LogP contribution in [-0.4, -0.2) is 0 Å². The maximum atomic E-state index is 9.00. The van der Waals surface area contributed by atoms with E-state index in [1.165, 1.54) is 32.3 Å². The molecule has 0 fully saturated rings. The van der Waals surface area contributed by atoms with Gasteiger partial charge in [-0.2, -0.15) is 5.26 Å². The summed E-state index contributed by atoms with van der Waals surface area (Å²) in [4.78, 5) is 0. The molecule has 0 saturated heterocycles. The predicted molar refractivity (Wildman–Crippen MR) is 107 cm³/mol. The third kappa shape index (κ3) is 2.49. The molecule has 118 valence electrons. The van der Waals surface area contributed by atoms with Crippen LogP contribution in [0.4, 0.5) is 0 Å². The van der Waals surface area contributed by atoms with Crippen molar-refractivity contribution in [3.8, 4) is 6.07 Å². The molecule has 1 nitrogen and oxygen atoms in total. The molecule has 0 bridgehead atoms. The van der Waals surface area contributed by atoms with Crippen molar-refractivity contribution in [2.24, 2.45) is 0 Å². The second-order valence-electron chi connectivity index (χ2n) is 6.32. The number of fused-ring (bicyclic) bond motifs is 6. The molecule has 0 atom stereocenters. The fourth-order valence-corrected chi connectivity index (χ4v) is 3.48. The molecule has 4 aromatic rings. The Balaban J connectivity index is 2.09. The van der Waals surface area contributed by atoms with E-state index in [0.717, 1.165) is 11.1 Å². The van der Waals surface area contributed by atoms with Crippen LogP contribution in [-0.2, 0) is 0 Å².